The molecular formula is C8H10ClF. The quantitative estimate of drug-likeness (QED) is 0.518. The summed E-state index contributed by atoms with van der Waals surface area (Å²) in [6.07, 6.45) is 4.91. The average Bonchev–Trinajstić information content (AvgIpc) is 1.88. The van der Waals surface area contributed by atoms with Gasteiger partial charge in [0.2, 0.25) is 0 Å². The summed E-state index contributed by atoms with van der Waals surface area (Å²) < 4.78 is 12.5. The van der Waals surface area contributed by atoms with Crippen LogP contribution in [0.15, 0.2) is 24.1 Å². The Hall–Kier alpha value is -0.300. The number of hydrogen-bond acceptors (Lipinski definition) is 0. The summed E-state index contributed by atoms with van der Waals surface area (Å²) in [4.78, 5) is 0. The number of hydrogen-bond donors (Lipinski definition) is 0. The summed E-state index contributed by atoms with van der Waals surface area (Å²) in [5.41, 5.74) is 0. The van der Waals surface area contributed by atoms with Crippen LogP contribution in [-0.2, 0) is 0 Å². The van der Waals surface area contributed by atoms with Gasteiger partial charge in [-0.3, -0.25) is 0 Å². The predicted molar refractivity (Wildman–Crippen MR) is 41.7 cm³/mol. The molecule has 2 atom stereocenters. The van der Waals surface area contributed by atoms with Gasteiger partial charge in [0, 0.05) is 5.88 Å². The first-order chi connectivity index (χ1) is 4.74. The Labute approximate surface area is 65.4 Å². The normalized spacial score (nSPS) is 32.1. The predicted octanol–water partition coefficient (Wildman–Crippen LogP) is 2.90. The van der Waals surface area contributed by atoms with Crippen LogP contribution in [0.1, 0.15) is 6.92 Å². The summed E-state index contributed by atoms with van der Waals surface area (Å²) in [6.45, 7) is 1.97. The second kappa shape index (κ2) is 3.20. The molecule has 0 aromatic heterocycles. The third-order valence-electron chi connectivity index (χ3n) is 1.78. The molecule has 0 aromatic carbocycles. The van der Waals surface area contributed by atoms with Crippen LogP contribution in [-0.4, -0.2) is 5.88 Å². The highest BCUT2D eigenvalue weighted by atomic mass is 35.5. The highest BCUT2D eigenvalue weighted by Gasteiger charge is 2.14. The number of allylic oxidation sites excluding steroid dienone is 4. The van der Waals surface area contributed by atoms with Crippen LogP contribution in [0.5, 0.6) is 0 Å². The monoisotopic (exact) mass is 160 g/mol. The zero-order valence-corrected chi connectivity index (χ0v) is 6.61. The molecule has 2 heteroatoms. The molecule has 1 aliphatic rings. The molecular weight excluding hydrogens is 151 g/mol. The van der Waals surface area contributed by atoms with Crippen LogP contribution in [0, 0.1) is 11.8 Å². The molecule has 0 radical (unpaired) electrons. The molecule has 0 bridgehead atoms. The van der Waals surface area contributed by atoms with E-state index in [-0.39, 0.29) is 11.7 Å². The standard InChI is InChI=1S/C8H10ClF/c1-6-4-8(10)3-2-7(6)5-9/h2-4,6-7H,5H2,1H3. The first-order valence-corrected chi connectivity index (χ1v) is 3.89. The Morgan fingerprint density at radius 1 is 1.70 bits per heavy atom. The first-order valence-electron chi connectivity index (χ1n) is 3.35. The molecule has 0 aliphatic heterocycles. The van der Waals surface area contributed by atoms with Gasteiger partial charge in [0.05, 0.1) is 0 Å². The van der Waals surface area contributed by atoms with Crippen molar-refractivity contribution in [2.45, 2.75) is 6.92 Å². The van der Waals surface area contributed by atoms with Crippen molar-refractivity contribution < 1.29 is 4.39 Å². The van der Waals surface area contributed by atoms with Crippen LogP contribution >= 0.6 is 11.6 Å². The zero-order valence-electron chi connectivity index (χ0n) is 5.85. The number of rotatable bonds is 1. The summed E-state index contributed by atoms with van der Waals surface area (Å²) in [7, 11) is 0. The van der Waals surface area contributed by atoms with Gasteiger partial charge in [-0.1, -0.05) is 13.0 Å². The molecule has 1 aliphatic carbocycles. The third-order valence-corrected chi connectivity index (χ3v) is 2.13. The minimum atomic E-state index is -0.145. The fraction of sp³-hybridized carbons (Fsp3) is 0.500. The van der Waals surface area contributed by atoms with Gasteiger partial charge in [-0.25, -0.2) is 4.39 Å². The van der Waals surface area contributed by atoms with E-state index in [2.05, 4.69) is 0 Å². The van der Waals surface area contributed by atoms with E-state index in [0.29, 0.717) is 11.8 Å². The maximum Gasteiger partial charge on any atom is 0.119 e. The maximum atomic E-state index is 12.5. The molecule has 2 unspecified atom stereocenters. The summed E-state index contributed by atoms with van der Waals surface area (Å²) >= 11 is 5.62. The van der Waals surface area contributed by atoms with Crippen molar-refractivity contribution in [1.82, 2.24) is 0 Å². The lowest BCUT2D eigenvalue weighted by atomic mass is 9.91. The molecule has 56 valence electrons. The Morgan fingerprint density at radius 2 is 2.40 bits per heavy atom. The molecule has 0 heterocycles. The molecule has 0 spiro atoms. The summed E-state index contributed by atoms with van der Waals surface area (Å²) in [6, 6.07) is 0. The van der Waals surface area contributed by atoms with Gasteiger partial charge in [0.15, 0.2) is 0 Å². The molecule has 1 rings (SSSR count). The number of halogens is 2. The smallest absolute Gasteiger partial charge is 0.119 e. The Morgan fingerprint density at radius 3 is 2.90 bits per heavy atom. The topological polar surface area (TPSA) is 0 Å². The Bertz CT molecular complexity index is 172. The van der Waals surface area contributed by atoms with Crippen LogP contribution in [0.4, 0.5) is 4.39 Å². The first kappa shape index (κ1) is 7.80. The largest absolute Gasteiger partial charge is 0.207 e. The zero-order chi connectivity index (χ0) is 7.56. The molecule has 0 N–H and O–H groups in total. The van der Waals surface area contributed by atoms with Crippen molar-refractivity contribution >= 4 is 11.6 Å². The molecule has 10 heavy (non-hydrogen) atoms. The Kier molecular flexibility index (Phi) is 2.50. The van der Waals surface area contributed by atoms with E-state index >= 15 is 0 Å². The van der Waals surface area contributed by atoms with Crippen LogP contribution in [0.25, 0.3) is 0 Å². The molecule has 0 saturated heterocycles. The van der Waals surface area contributed by atoms with Gasteiger partial charge in [0.1, 0.15) is 5.83 Å². The average molecular weight is 161 g/mol. The Balaban J connectivity index is 2.64. The SMILES string of the molecule is CC1C=C(F)C=CC1CCl. The highest BCUT2D eigenvalue weighted by molar-refractivity contribution is 6.18. The van der Waals surface area contributed by atoms with Crippen LogP contribution in [0.2, 0.25) is 0 Å². The van der Waals surface area contributed by atoms with Gasteiger partial charge in [0.25, 0.3) is 0 Å². The molecule has 0 nitrogen and oxygen atoms in total. The van der Waals surface area contributed by atoms with Gasteiger partial charge >= 0.3 is 0 Å². The van der Waals surface area contributed by atoms with E-state index in [9.17, 15) is 4.39 Å². The molecule has 0 aromatic rings. The number of alkyl halides is 1. The lowest BCUT2D eigenvalue weighted by molar-refractivity contribution is 0.524. The third kappa shape index (κ3) is 1.60. The molecule has 0 amide bonds. The van der Waals surface area contributed by atoms with Crippen molar-refractivity contribution in [3.8, 4) is 0 Å². The van der Waals surface area contributed by atoms with E-state index in [1.54, 1.807) is 6.08 Å². The fourth-order valence-electron chi connectivity index (χ4n) is 1.01. The van der Waals surface area contributed by atoms with E-state index in [4.69, 9.17) is 11.6 Å². The second-order valence-electron chi connectivity index (χ2n) is 2.59. The van der Waals surface area contributed by atoms with Crippen LogP contribution in [0.3, 0.4) is 0 Å². The van der Waals surface area contributed by atoms with E-state index < -0.39 is 0 Å². The van der Waals surface area contributed by atoms with E-state index in [1.807, 2.05) is 13.0 Å². The van der Waals surface area contributed by atoms with Crippen molar-refractivity contribution in [3.05, 3.63) is 24.1 Å². The summed E-state index contributed by atoms with van der Waals surface area (Å²) in [5.74, 6) is 0.971. The maximum absolute atomic E-state index is 12.5. The van der Waals surface area contributed by atoms with Gasteiger partial charge in [-0.05, 0) is 24.0 Å². The molecule has 0 fully saturated rings. The van der Waals surface area contributed by atoms with Gasteiger partial charge in [-0.15, -0.1) is 11.6 Å². The molecule has 0 saturated carbocycles. The lowest BCUT2D eigenvalue weighted by Gasteiger charge is -2.17. The van der Waals surface area contributed by atoms with E-state index in [0.717, 1.165) is 0 Å². The van der Waals surface area contributed by atoms with Crippen molar-refractivity contribution in [1.29, 1.82) is 0 Å². The minimum absolute atomic E-state index is 0.145. The van der Waals surface area contributed by atoms with Crippen LogP contribution < -0.4 is 0 Å². The van der Waals surface area contributed by atoms with Gasteiger partial charge in [-0.2, -0.15) is 0 Å². The van der Waals surface area contributed by atoms with E-state index in [1.165, 1.54) is 6.08 Å². The van der Waals surface area contributed by atoms with Crippen molar-refractivity contribution in [3.63, 3.8) is 0 Å². The lowest BCUT2D eigenvalue weighted by Crippen LogP contribution is -2.11. The van der Waals surface area contributed by atoms with Crippen molar-refractivity contribution in [2.75, 3.05) is 5.88 Å². The van der Waals surface area contributed by atoms with Gasteiger partial charge < -0.3 is 0 Å². The fourth-order valence-corrected chi connectivity index (χ4v) is 1.40. The highest BCUT2D eigenvalue weighted by Crippen LogP contribution is 2.23. The second-order valence-corrected chi connectivity index (χ2v) is 2.90. The van der Waals surface area contributed by atoms with Crippen molar-refractivity contribution in [2.24, 2.45) is 11.8 Å². The summed E-state index contributed by atoms with van der Waals surface area (Å²) in [5, 5.41) is 0. The minimum Gasteiger partial charge on any atom is -0.207 e.